The van der Waals surface area contributed by atoms with Crippen LogP contribution in [0, 0.1) is 6.92 Å². The molecule has 1 aromatic carbocycles. The molecule has 0 aliphatic carbocycles. The summed E-state index contributed by atoms with van der Waals surface area (Å²) in [7, 11) is 0. The molecule has 0 bridgehead atoms. The van der Waals surface area contributed by atoms with Crippen LogP contribution < -0.4 is 5.32 Å². The van der Waals surface area contributed by atoms with E-state index in [-0.39, 0.29) is 5.91 Å². The average molecular weight is 318 g/mol. The molecule has 24 heavy (non-hydrogen) atoms. The third-order valence-electron chi connectivity index (χ3n) is 3.82. The van der Waals surface area contributed by atoms with Crippen LogP contribution in [0.3, 0.4) is 0 Å². The molecule has 0 unspecified atom stereocenters. The molecule has 4 aromatic rings. The molecular formula is C17H14N6O. The molecular weight excluding hydrogens is 304 g/mol. The van der Waals surface area contributed by atoms with Crippen molar-refractivity contribution in [2.24, 2.45) is 0 Å². The van der Waals surface area contributed by atoms with E-state index in [4.69, 9.17) is 0 Å². The number of benzene rings is 1. The minimum atomic E-state index is -0.276. The summed E-state index contributed by atoms with van der Waals surface area (Å²) in [6, 6.07) is 11.3. The fourth-order valence-corrected chi connectivity index (χ4v) is 2.63. The van der Waals surface area contributed by atoms with Crippen LogP contribution in [0.2, 0.25) is 0 Å². The van der Waals surface area contributed by atoms with Crippen molar-refractivity contribution >= 4 is 22.5 Å². The van der Waals surface area contributed by atoms with Gasteiger partial charge in [0, 0.05) is 11.6 Å². The number of hydrogen-bond acceptors (Lipinski definition) is 4. The zero-order valence-electron chi connectivity index (χ0n) is 12.9. The van der Waals surface area contributed by atoms with Crippen LogP contribution in [0.1, 0.15) is 16.1 Å². The second kappa shape index (κ2) is 5.62. The third kappa shape index (κ3) is 2.32. The number of fused-ring (bicyclic) bond motifs is 1. The van der Waals surface area contributed by atoms with Gasteiger partial charge in [0.05, 0.1) is 23.1 Å². The van der Waals surface area contributed by atoms with Gasteiger partial charge in [0.2, 0.25) is 0 Å². The second-order valence-corrected chi connectivity index (χ2v) is 5.40. The van der Waals surface area contributed by atoms with Crippen LogP contribution in [-0.4, -0.2) is 31.3 Å². The Balaban J connectivity index is 1.68. The Morgan fingerprint density at radius 3 is 2.88 bits per heavy atom. The van der Waals surface area contributed by atoms with E-state index in [0.29, 0.717) is 22.8 Å². The summed E-state index contributed by atoms with van der Waals surface area (Å²) >= 11 is 0. The number of H-pyrrole nitrogens is 2. The summed E-state index contributed by atoms with van der Waals surface area (Å²) < 4.78 is 0. The SMILES string of the molecule is Cc1cccc2c(C(=O)Nc3cn[nH]c3-c3ccccn3)[nH]nc12. The predicted octanol–water partition coefficient (Wildman–Crippen LogP) is 2.91. The lowest BCUT2D eigenvalue weighted by atomic mass is 10.1. The number of para-hydroxylation sites is 1. The number of pyridine rings is 1. The molecule has 3 aromatic heterocycles. The van der Waals surface area contributed by atoms with Gasteiger partial charge in [-0.2, -0.15) is 10.2 Å². The first-order valence-electron chi connectivity index (χ1n) is 7.44. The number of hydrogen-bond donors (Lipinski definition) is 3. The predicted molar refractivity (Wildman–Crippen MR) is 90.6 cm³/mol. The van der Waals surface area contributed by atoms with Gasteiger partial charge in [-0.3, -0.25) is 20.0 Å². The highest BCUT2D eigenvalue weighted by Gasteiger charge is 2.17. The van der Waals surface area contributed by atoms with Crippen molar-refractivity contribution in [1.29, 1.82) is 0 Å². The molecule has 3 heterocycles. The number of nitrogens with one attached hydrogen (secondary N) is 3. The van der Waals surface area contributed by atoms with Gasteiger partial charge >= 0.3 is 0 Å². The van der Waals surface area contributed by atoms with Crippen molar-refractivity contribution in [3.8, 4) is 11.4 Å². The molecule has 3 N–H and O–H groups in total. The molecule has 1 amide bonds. The summed E-state index contributed by atoms with van der Waals surface area (Å²) in [5, 5.41) is 17.6. The average Bonchev–Trinajstić information content (AvgIpc) is 3.23. The van der Waals surface area contributed by atoms with E-state index >= 15 is 0 Å². The Labute approximate surface area is 137 Å². The molecule has 0 atom stereocenters. The number of carbonyl (C=O) groups excluding carboxylic acids is 1. The van der Waals surface area contributed by atoms with E-state index < -0.39 is 0 Å². The molecule has 4 rings (SSSR count). The summed E-state index contributed by atoms with van der Waals surface area (Å²) in [4.78, 5) is 16.9. The topological polar surface area (TPSA) is 99.4 Å². The largest absolute Gasteiger partial charge is 0.317 e. The molecule has 118 valence electrons. The lowest BCUT2D eigenvalue weighted by Gasteiger charge is -2.04. The van der Waals surface area contributed by atoms with E-state index in [1.54, 1.807) is 12.4 Å². The summed E-state index contributed by atoms with van der Waals surface area (Å²) in [5.41, 5.74) is 4.15. The minimum absolute atomic E-state index is 0.276. The first-order valence-corrected chi connectivity index (χ1v) is 7.44. The normalized spacial score (nSPS) is 10.9. The molecule has 0 fully saturated rings. The fourth-order valence-electron chi connectivity index (χ4n) is 2.63. The summed E-state index contributed by atoms with van der Waals surface area (Å²) in [6.07, 6.45) is 3.25. The maximum Gasteiger partial charge on any atom is 0.274 e. The second-order valence-electron chi connectivity index (χ2n) is 5.40. The van der Waals surface area contributed by atoms with E-state index in [2.05, 4.69) is 30.7 Å². The van der Waals surface area contributed by atoms with E-state index in [1.807, 2.05) is 43.3 Å². The van der Waals surface area contributed by atoms with Crippen LogP contribution in [-0.2, 0) is 0 Å². The van der Waals surface area contributed by atoms with Gasteiger partial charge in [-0.1, -0.05) is 24.3 Å². The number of aromatic nitrogens is 5. The highest BCUT2D eigenvalue weighted by atomic mass is 16.2. The van der Waals surface area contributed by atoms with Crippen molar-refractivity contribution in [2.45, 2.75) is 6.92 Å². The van der Waals surface area contributed by atoms with Crippen molar-refractivity contribution in [1.82, 2.24) is 25.4 Å². The summed E-state index contributed by atoms with van der Waals surface area (Å²) in [5.74, 6) is -0.276. The zero-order chi connectivity index (χ0) is 16.5. The van der Waals surface area contributed by atoms with E-state index in [0.717, 1.165) is 16.5 Å². The third-order valence-corrected chi connectivity index (χ3v) is 3.82. The number of rotatable bonds is 3. The Bertz CT molecular complexity index is 1020. The number of amides is 1. The number of carbonyl (C=O) groups is 1. The van der Waals surface area contributed by atoms with E-state index in [9.17, 15) is 4.79 Å². The molecule has 0 saturated heterocycles. The Hall–Kier alpha value is -3.48. The van der Waals surface area contributed by atoms with Crippen LogP contribution in [0.15, 0.2) is 48.8 Å². The zero-order valence-corrected chi connectivity index (χ0v) is 12.9. The lowest BCUT2D eigenvalue weighted by molar-refractivity contribution is 0.102. The molecule has 7 nitrogen and oxygen atoms in total. The quantitative estimate of drug-likeness (QED) is 0.541. The highest BCUT2D eigenvalue weighted by molar-refractivity contribution is 6.12. The number of anilines is 1. The van der Waals surface area contributed by atoms with Gasteiger partial charge < -0.3 is 5.32 Å². The Morgan fingerprint density at radius 2 is 2.04 bits per heavy atom. The minimum Gasteiger partial charge on any atom is -0.317 e. The smallest absolute Gasteiger partial charge is 0.274 e. The molecule has 0 aliphatic rings. The first-order chi connectivity index (χ1) is 11.7. The standard InChI is InChI=1S/C17H14N6O/c1-10-5-4-6-11-14(10)22-23-15(11)17(24)20-13-9-19-21-16(13)12-7-2-3-8-18-12/h2-9H,1H3,(H,19,21)(H,20,24)(H,22,23). The van der Waals surface area contributed by atoms with Crippen LogP contribution >= 0.6 is 0 Å². The number of nitrogens with zero attached hydrogens (tertiary/aromatic N) is 3. The maximum atomic E-state index is 12.6. The van der Waals surface area contributed by atoms with Gasteiger partial charge in [-0.15, -0.1) is 0 Å². The Kier molecular flexibility index (Phi) is 3.31. The van der Waals surface area contributed by atoms with Gasteiger partial charge in [-0.05, 0) is 24.6 Å². The lowest BCUT2D eigenvalue weighted by Crippen LogP contribution is -2.13. The van der Waals surface area contributed by atoms with Crippen molar-refractivity contribution in [3.05, 3.63) is 60.0 Å². The molecule has 0 aliphatic heterocycles. The molecule has 7 heteroatoms. The van der Waals surface area contributed by atoms with Crippen LogP contribution in [0.5, 0.6) is 0 Å². The molecule has 0 radical (unpaired) electrons. The summed E-state index contributed by atoms with van der Waals surface area (Å²) in [6.45, 7) is 1.96. The van der Waals surface area contributed by atoms with Gasteiger partial charge in [0.15, 0.2) is 0 Å². The molecule has 0 spiro atoms. The first kappa shape index (κ1) is 14.1. The monoisotopic (exact) mass is 318 g/mol. The molecule has 0 saturated carbocycles. The van der Waals surface area contributed by atoms with Crippen LogP contribution in [0.4, 0.5) is 5.69 Å². The van der Waals surface area contributed by atoms with Crippen molar-refractivity contribution in [3.63, 3.8) is 0 Å². The van der Waals surface area contributed by atoms with Crippen molar-refractivity contribution in [2.75, 3.05) is 5.32 Å². The fraction of sp³-hybridized carbons (Fsp3) is 0.0588. The Morgan fingerprint density at radius 1 is 1.12 bits per heavy atom. The maximum absolute atomic E-state index is 12.6. The van der Waals surface area contributed by atoms with Gasteiger partial charge in [-0.25, -0.2) is 0 Å². The number of aromatic amines is 2. The van der Waals surface area contributed by atoms with Gasteiger partial charge in [0.1, 0.15) is 11.4 Å². The van der Waals surface area contributed by atoms with Crippen LogP contribution in [0.25, 0.3) is 22.3 Å². The van der Waals surface area contributed by atoms with Gasteiger partial charge in [0.25, 0.3) is 5.91 Å². The van der Waals surface area contributed by atoms with E-state index in [1.165, 1.54) is 0 Å². The van der Waals surface area contributed by atoms with Crippen molar-refractivity contribution < 1.29 is 4.79 Å². The number of aryl methyl sites for hydroxylation is 1. The highest BCUT2D eigenvalue weighted by Crippen LogP contribution is 2.25.